The molecule has 2 unspecified atom stereocenters. The van der Waals surface area contributed by atoms with Crippen LogP contribution in [0.5, 0.6) is 0 Å². The number of hydrogen-bond donors (Lipinski definition) is 2. The van der Waals surface area contributed by atoms with E-state index in [4.69, 9.17) is 5.10 Å². The molecule has 34 heavy (non-hydrogen) atoms. The number of pyridine rings is 1. The fourth-order valence-electron chi connectivity index (χ4n) is 5.12. The molecule has 1 aliphatic heterocycles. The summed E-state index contributed by atoms with van der Waals surface area (Å²) in [6, 6.07) is 9.24. The highest BCUT2D eigenvalue weighted by molar-refractivity contribution is 7.89. The Morgan fingerprint density at radius 3 is 2.71 bits per heavy atom. The standard InChI is InChI=1S/C24H28N6O3S/c1-24(2,3)29-14-16-12-17(8-9-20(16)34(29,32)33)27-22-21-19(10-11-26-23(21)31)30(28-22)18-7-5-4-6-15(18)13-25/h8-12,15,18H,4-7,14H2,1-3H3,(H,26,31)(H,27,28). The Bertz CT molecular complexity index is 1480. The molecular formula is C24H28N6O3S. The van der Waals surface area contributed by atoms with Crippen LogP contribution < -0.4 is 10.9 Å². The van der Waals surface area contributed by atoms with Gasteiger partial charge in [0.25, 0.3) is 5.56 Å². The van der Waals surface area contributed by atoms with Gasteiger partial charge in [-0.2, -0.15) is 14.7 Å². The number of nitrogens with zero attached hydrogens (tertiary/aromatic N) is 4. The van der Waals surface area contributed by atoms with Crippen molar-refractivity contribution in [3.63, 3.8) is 0 Å². The summed E-state index contributed by atoms with van der Waals surface area (Å²) in [5.41, 5.74) is 1.24. The van der Waals surface area contributed by atoms with Crippen LogP contribution in [0.25, 0.3) is 10.9 Å². The molecule has 10 heteroatoms. The van der Waals surface area contributed by atoms with Crippen LogP contribution in [0.3, 0.4) is 0 Å². The zero-order chi connectivity index (χ0) is 24.3. The van der Waals surface area contributed by atoms with Gasteiger partial charge in [0.15, 0.2) is 5.82 Å². The van der Waals surface area contributed by atoms with Gasteiger partial charge in [0.05, 0.1) is 28.4 Å². The Morgan fingerprint density at radius 1 is 1.21 bits per heavy atom. The molecular weight excluding hydrogens is 452 g/mol. The number of hydrogen-bond acceptors (Lipinski definition) is 6. The minimum Gasteiger partial charge on any atom is -0.338 e. The Hall–Kier alpha value is -3.16. The summed E-state index contributed by atoms with van der Waals surface area (Å²) in [7, 11) is -3.55. The number of sulfonamides is 1. The van der Waals surface area contributed by atoms with Gasteiger partial charge in [0.2, 0.25) is 10.0 Å². The molecule has 5 rings (SSSR count). The van der Waals surface area contributed by atoms with Gasteiger partial charge < -0.3 is 10.3 Å². The van der Waals surface area contributed by atoms with Crippen molar-refractivity contribution in [1.29, 1.82) is 5.26 Å². The molecule has 0 bridgehead atoms. The van der Waals surface area contributed by atoms with Crippen molar-refractivity contribution >= 4 is 32.4 Å². The third-order valence-corrected chi connectivity index (χ3v) is 9.00. The number of H-pyrrole nitrogens is 1. The number of nitriles is 1. The molecule has 178 valence electrons. The Morgan fingerprint density at radius 2 is 1.97 bits per heavy atom. The predicted octanol–water partition coefficient (Wildman–Crippen LogP) is 4.03. The lowest BCUT2D eigenvalue weighted by atomic mass is 9.85. The second kappa shape index (κ2) is 7.96. The molecule has 3 aromatic rings. The highest BCUT2D eigenvalue weighted by Crippen LogP contribution is 2.39. The molecule has 2 aromatic heterocycles. The van der Waals surface area contributed by atoms with E-state index >= 15 is 0 Å². The molecule has 0 amide bonds. The minimum absolute atomic E-state index is 0.0934. The number of rotatable bonds is 3. The Balaban J connectivity index is 1.55. The lowest BCUT2D eigenvalue weighted by Crippen LogP contribution is -2.41. The topological polar surface area (TPSA) is 124 Å². The van der Waals surface area contributed by atoms with Crippen molar-refractivity contribution in [3.8, 4) is 6.07 Å². The highest BCUT2D eigenvalue weighted by atomic mass is 32.2. The van der Waals surface area contributed by atoms with E-state index in [1.165, 1.54) is 4.31 Å². The van der Waals surface area contributed by atoms with E-state index in [1.807, 2.05) is 31.5 Å². The summed E-state index contributed by atoms with van der Waals surface area (Å²) in [5.74, 6) is 0.241. The summed E-state index contributed by atoms with van der Waals surface area (Å²) in [4.78, 5) is 15.8. The van der Waals surface area contributed by atoms with Crippen LogP contribution in [-0.2, 0) is 16.6 Å². The van der Waals surface area contributed by atoms with Crippen LogP contribution in [-0.4, -0.2) is 33.0 Å². The molecule has 9 nitrogen and oxygen atoms in total. The Kier molecular flexibility index (Phi) is 5.30. The second-order valence-electron chi connectivity index (χ2n) is 10.1. The van der Waals surface area contributed by atoms with Crippen molar-refractivity contribution < 1.29 is 8.42 Å². The van der Waals surface area contributed by atoms with Gasteiger partial charge in [0, 0.05) is 24.0 Å². The summed E-state index contributed by atoms with van der Waals surface area (Å²) >= 11 is 0. The van der Waals surface area contributed by atoms with Crippen molar-refractivity contribution in [3.05, 3.63) is 46.4 Å². The third kappa shape index (κ3) is 3.60. The number of nitrogens with one attached hydrogen (secondary N) is 2. The molecule has 0 spiro atoms. The van der Waals surface area contributed by atoms with E-state index < -0.39 is 15.6 Å². The minimum atomic E-state index is -3.55. The van der Waals surface area contributed by atoms with E-state index in [2.05, 4.69) is 16.4 Å². The molecule has 2 N–H and O–H groups in total. The van der Waals surface area contributed by atoms with Crippen LogP contribution in [0, 0.1) is 17.2 Å². The summed E-state index contributed by atoms with van der Waals surface area (Å²) in [6.07, 6.45) is 5.28. The number of benzene rings is 1. The largest absolute Gasteiger partial charge is 0.338 e. The van der Waals surface area contributed by atoms with Crippen LogP contribution in [0.2, 0.25) is 0 Å². The maximum atomic E-state index is 13.0. The predicted molar refractivity (Wildman–Crippen MR) is 129 cm³/mol. The van der Waals surface area contributed by atoms with Crippen molar-refractivity contribution in [2.45, 2.75) is 69.5 Å². The van der Waals surface area contributed by atoms with Crippen LogP contribution in [0.15, 0.2) is 40.2 Å². The molecule has 0 saturated heterocycles. The molecule has 3 heterocycles. The van der Waals surface area contributed by atoms with Crippen LogP contribution in [0.4, 0.5) is 11.5 Å². The first-order valence-electron chi connectivity index (χ1n) is 11.5. The zero-order valence-electron chi connectivity index (χ0n) is 19.5. The van der Waals surface area contributed by atoms with E-state index in [-0.39, 0.29) is 17.5 Å². The smallest absolute Gasteiger partial charge is 0.261 e. The second-order valence-corrected chi connectivity index (χ2v) is 11.9. The molecule has 1 saturated carbocycles. The van der Waals surface area contributed by atoms with Gasteiger partial charge >= 0.3 is 0 Å². The molecule has 2 aliphatic rings. The van der Waals surface area contributed by atoms with E-state index in [0.29, 0.717) is 39.4 Å². The van der Waals surface area contributed by atoms with Crippen LogP contribution in [0.1, 0.15) is 58.1 Å². The maximum absolute atomic E-state index is 13.0. The summed E-state index contributed by atoms with van der Waals surface area (Å²) < 4.78 is 29.3. The summed E-state index contributed by atoms with van der Waals surface area (Å²) in [6.45, 7) is 5.92. The summed E-state index contributed by atoms with van der Waals surface area (Å²) in [5, 5.41) is 18.1. The highest BCUT2D eigenvalue weighted by Gasteiger charge is 2.41. The van der Waals surface area contributed by atoms with Gasteiger partial charge in [-0.25, -0.2) is 8.42 Å². The number of aromatic nitrogens is 3. The average Bonchev–Trinajstić information content (AvgIpc) is 3.29. The fourth-order valence-corrected chi connectivity index (χ4v) is 7.08. The SMILES string of the molecule is CC(C)(C)N1Cc2cc(Nc3nn(C4CCCCC4C#N)c4cc[nH]c(=O)c34)ccc2S1(=O)=O. The molecule has 1 aromatic carbocycles. The number of fused-ring (bicyclic) bond motifs is 2. The lowest BCUT2D eigenvalue weighted by molar-refractivity contribution is 0.252. The maximum Gasteiger partial charge on any atom is 0.261 e. The van der Waals surface area contributed by atoms with Gasteiger partial charge in [-0.1, -0.05) is 12.8 Å². The van der Waals surface area contributed by atoms with Gasteiger partial charge in [-0.3, -0.25) is 9.48 Å². The molecule has 0 radical (unpaired) electrons. The monoisotopic (exact) mass is 480 g/mol. The Labute approximate surface area is 198 Å². The van der Waals surface area contributed by atoms with E-state index in [9.17, 15) is 18.5 Å². The average molecular weight is 481 g/mol. The first-order valence-corrected chi connectivity index (χ1v) is 13.0. The van der Waals surface area contributed by atoms with E-state index in [0.717, 1.165) is 25.7 Å². The number of anilines is 2. The molecule has 2 atom stereocenters. The fraction of sp³-hybridized carbons (Fsp3) is 0.458. The molecule has 1 aliphatic carbocycles. The normalized spacial score (nSPS) is 22.4. The van der Waals surface area contributed by atoms with E-state index in [1.54, 1.807) is 24.4 Å². The third-order valence-electron chi connectivity index (χ3n) is 6.79. The number of aromatic amines is 1. The molecule has 1 fully saturated rings. The van der Waals surface area contributed by atoms with Gasteiger partial charge in [0.1, 0.15) is 5.39 Å². The lowest BCUT2D eigenvalue weighted by Gasteiger charge is -2.29. The first-order chi connectivity index (χ1) is 16.1. The van der Waals surface area contributed by atoms with Gasteiger partial charge in [-0.15, -0.1) is 0 Å². The first kappa shape index (κ1) is 22.6. The quantitative estimate of drug-likeness (QED) is 0.583. The van der Waals surface area contributed by atoms with Crippen LogP contribution >= 0.6 is 0 Å². The van der Waals surface area contributed by atoms with Crippen molar-refractivity contribution in [1.82, 2.24) is 19.1 Å². The van der Waals surface area contributed by atoms with Crippen molar-refractivity contribution in [2.75, 3.05) is 5.32 Å². The van der Waals surface area contributed by atoms with Gasteiger partial charge in [-0.05, 0) is 63.4 Å². The van der Waals surface area contributed by atoms with Crippen molar-refractivity contribution in [2.24, 2.45) is 5.92 Å². The zero-order valence-corrected chi connectivity index (χ0v) is 20.3.